The number of nitrogens with one attached hydrogen (secondary N) is 1. The van der Waals surface area contributed by atoms with Gasteiger partial charge in [0.05, 0.1) is 0 Å². The average molecular weight is 354 g/mol. The summed E-state index contributed by atoms with van der Waals surface area (Å²) >= 11 is 5.95. The second-order valence-electron chi connectivity index (χ2n) is 6.32. The Hall–Kier alpha value is -2.10. The molecule has 0 saturated heterocycles. The lowest BCUT2D eigenvalue weighted by Crippen LogP contribution is -2.21. The van der Waals surface area contributed by atoms with Crippen molar-refractivity contribution < 1.29 is 0 Å². The van der Waals surface area contributed by atoms with Crippen LogP contribution in [0, 0.1) is 6.92 Å². The van der Waals surface area contributed by atoms with E-state index in [1.54, 1.807) is 0 Å². The predicted molar refractivity (Wildman–Crippen MR) is 105 cm³/mol. The Morgan fingerprint density at radius 3 is 2.52 bits per heavy atom. The van der Waals surface area contributed by atoms with Crippen LogP contribution in [0.15, 0.2) is 60.8 Å². The summed E-state index contributed by atoms with van der Waals surface area (Å²) in [5.74, 6) is 1.05. The molecule has 0 aliphatic heterocycles. The Balaban J connectivity index is 1.56. The summed E-state index contributed by atoms with van der Waals surface area (Å²) in [7, 11) is 0. The molecule has 4 heteroatoms. The normalized spacial score (nSPS) is 12.3. The zero-order chi connectivity index (χ0) is 17.6. The van der Waals surface area contributed by atoms with Crippen molar-refractivity contribution in [3.63, 3.8) is 0 Å². The van der Waals surface area contributed by atoms with Crippen LogP contribution in [0.3, 0.4) is 0 Å². The number of aromatic nitrogens is 2. The van der Waals surface area contributed by atoms with Crippen molar-refractivity contribution in [1.29, 1.82) is 0 Å². The summed E-state index contributed by atoms with van der Waals surface area (Å²) in [6.45, 7) is 6.20. The van der Waals surface area contributed by atoms with Crippen molar-refractivity contribution >= 4 is 11.6 Å². The lowest BCUT2D eigenvalue weighted by atomic mass is 10.1. The second kappa shape index (κ2) is 8.32. The number of halogens is 1. The molecule has 0 aliphatic rings. The minimum Gasteiger partial charge on any atom is -0.328 e. The molecule has 0 saturated carbocycles. The monoisotopic (exact) mass is 353 g/mol. The highest BCUT2D eigenvalue weighted by Crippen LogP contribution is 2.20. The molecular weight excluding hydrogens is 330 g/mol. The Morgan fingerprint density at radius 2 is 1.80 bits per heavy atom. The molecule has 1 unspecified atom stereocenters. The van der Waals surface area contributed by atoms with Crippen LogP contribution in [0.4, 0.5) is 0 Å². The fraction of sp³-hybridized carbons (Fsp3) is 0.286. The van der Waals surface area contributed by atoms with Crippen LogP contribution in [0.1, 0.15) is 30.6 Å². The van der Waals surface area contributed by atoms with Crippen molar-refractivity contribution in [1.82, 2.24) is 14.9 Å². The van der Waals surface area contributed by atoms with Gasteiger partial charge in [-0.2, -0.15) is 0 Å². The molecule has 130 valence electrons. The van der Waals surface area contributed by atoms with Crippen LogP contribution >= 0.6 is 11.6 Å². The molecule has 3 nitrogen and oxygen atoms in total. The van der Waals surface area contributed by atoms with E-state index >= 15 is 0 Å². The molecule has 1 heterocycles. The molecule has 1 atom stereocenters. The maximum atomic E-state index is 5.95. The van der Waals surface area contributed by atoms with Crippen LogP contribution in [-0.4, -0.2) is 16.1 Å². The van der Waals surface area contributed by atoms with Gasteiger partial charge in [-0.1, -0.05) is 54.1 Å². The zero-order valence-corrected chi connectivity index (χ0v) is 15.5. The number of nitrogens with zero attached hydrogens (tertiary/aromatic N) is 2. The van der Waals surface area contributed by atoms with Crippen molar-refractivity contribution in [2.45, 2.75) is 32.9 Å². The lowest BCUT2D eigenvalue weighted by Gasteiger charge is -2.15. The summed E-state index contributed by atoms with van der Waals surface area (Å²) in [6.07, 6.45) is 3.00. The minimum absolute atomic E-state index is 0.315. The smallest absolute Gasteiger partial charge is 0.140 e. The molecule has 3 aromatic rings. The second-order valence-corrected chi connectivity index (χ2v) is 6.76. The Bertz CT molecular complexity index is 794. The summed E-state index contributed by atoms with van der Waals surface area (Å²) in [5, 5.41) is 4.36. The Labute approximate surface area is 154 Å². The molecule has 0 aliphatic carbocycles. The van der Waals surface area contributed by atoms with Gasteiger partial charge in [0.15, 0.2) is 0 Å². The molecular formula is C21H24ClN3. The van der Waals surface area contributed by atoms with E-state index in [-0.39, 0.29) is 0 Å². The number of hydrogen-bond acceptors (Lipinski definition) is 2. The third-order valence-electron chi connectivity index (χ3n) is 4.47. The van der Waals surface area contributed by atoms with Gasteiger partial charge < -0.3 is 9.88 Å². The molecule has 3 rings (SSSR count). The molecule has 0 amide bonds. The first-order valence-corrected chi connectivity index (χ1v) is 9.09. The summed E-state index contributed by atoms with van der Waals surface area (Å²) in [5.41, 5.74) is 3.62. The highest BCUT2D eigenvalue weighted by atomic mass is 35.5. The number of aryl methyl sites for hydroxylation is 1. The van der Waals surface area contributed by atoms with Gasteiger partial charge in [0, 0.05) is 35.1 Å². The number of hydrogen-bond donors (Lipinski definition) is 1. The molecule has 25 heavy (non-hydrogen) atoms. The summed E-state index contributed by atoms with van der Waals surface area (Å²) in [6, 6.07) is 18.7. The van der Waals surface area contributed by atoms with Gasteiger partial charge in [0.25, 0.3) is 0 Å². The van der Waals surface area contributed by atoms with Gasteiger partial charge in [-0.3, -0.25) is 0 Å². The van der Waals surface area contributed by atoms with E-state index in [1.165, 1.54) is 11.3 Å². The predicted octanol–water partition coefficient (Wildman–Crippen LogP) is 5.25. The molecule has 1 aromatic heterocycles. The van der Waals surface area contributed by atoms with Gasteiger partial charge in [0.1, 0.15) is 5.82 Å². The van der Waals surface area contributed by atoms with Gasteiger partial charge in [-0.05, 0) is 44.5 Å². The molecule has 0 spiro atoms. The van der Waals surface area contributed by atoms with Crippen molar-refractivity contribution in [2.75, 3.05) is 6.54 Å². The first-order chi connectivity index (χ1) is 12.1. The standard InChI is InChI=1S/C21H24ClN3/c1-16-15-24-21(19-7-4-3-5-8-19)25(16)14-6-13-23-17(2)18-9-11-20(22)12-10-18/h3-5,7-12,15,17,23H,6,13-14H2,1-2H3. The number of rotatable bonds is 7. The highest BCUT2D eigenvalue weighted by molar-refractivity contribution is 6.30. The fourth-order valence-electron chi connectivity index (χ4n) is 2.99. The minimum atomic E-state index is 0.315. The van der Waals surface area contributed by atoms with Crippen LogP contribution in [0.2, 0.25) is 5.02 Å². The van der Waals surface area contributed by atoms with Gasteiger partial charge in [-0.15, -0.1) is 0 Å². The van der Waals surface area contributed by atoms with E-state index < -0.39 is 0 Å². The van der Waals surface area contributed by atoms with Crippen molar-refractivity contribution in [3.8, 4) is 11.4 Å². The van der Waals surface area contributed by atoms with Gasteiger partial charge in [-0.25, -0.2) is 4.98 Å². The summed E-state index contributed by atoms with van der Waals surface area (Å²) in [4.78, 5) is 4.59. The van der Waals surface area contributed by atoms with E-state index in [9.17, 15) is 0 Å². The van der Waals surface area contributed by atoms with Crippen LogP contribution in [0.5, 0.6) is 0 Å². The number of imidazole rings is 1. The molecule has 0 bridgehead atoms. The SMILES string of the molecule is Cc1cnc(-c2ccccc2)n1CCCNC(C)c1ccc(Cl)cc1. The third kappa shape index (κ3) is 4.50. The summed E-state index contributed by atoms with van der Waals surface area (Å²) < 4.78 is 2.30. The van der Waals surface area contributed by atoms with Crippen LogP contribution < -0.4 is 5.32 Å². The van der Waals surface area contributed by atoms with E-state index in [2.05, 4.69) is 65.1 Å². The zero-order valence-electron chi connectivity index (χ0n) is 14.7. The van der Waals surface area contributed by atoms with Crippen molar-refractivity contribution in [3.05, 3.63) is 77.1 Å². The third-order valence-corrected chi connectivity index (χ3v) is 4.72. The van der Waals surface area contributed by atoms with E-state index in [0.29, 0.717) is 6.04 Å². The highest BCUT2D eigenvalue weighted by Gasteiger charge is 2.09. The average Bonchev–Trinajstić information content (AvgIpc) is 3.00. The number of benzene rings is 2. The maximum absolute atomic E-state index is 5.95. The maximum Gasteiger partial charge on any atom is 0.140 e. The van der Waals surface area contributed by atoms with E-state index in [1.807, 2.05) is 24.4 Å². The largest absolute Gasteiger partial charge is 0.328 e. The molecule has 1 N–H and O–H groups in total. The van der Waals surface area contributed by atoms with Gasteiger partial charge >= 0.3 is 0 Å². The topological polar surface area (TPSA) is 29.9 Å². The Kier molecular flexibility index (Phi) is 5.90. The van der Waals surface area contributed by atoms with Crippen LogP contribution in [-0.2, 0) is 6.54 Å². The Morgan fingerprint density at radius 1 is 1.08 bits per heavy atom. The molecule has 0 fully saturated rings. The lowest BCUT2D eigenvalue weighted by molar-refractivity contribution is 0.525. The van der Waals surface area contributed by atoms with E-state index in [4.69, 9.17) is 11.6 Å². The quantitative estimate of drug-likeness (QED) is 0.588. The van der Waals surface area contributed by atoms with Crippen LogP contribution in [0.25, 0.3) is 11.4 Å². The van der Waals surface area contributed by atoms with Gasteiger partial charge in [0.2, 0.25) is 0 Å². The molecule has 0 radical (unpaired) electrons. The van der Waals surface area contributed by atoms with E-state index in [0.717, 1.165) is 35.9 Å². The first-order valence-electron chi connectivity index (χ1n) is 8.71. The fourth-order valence-corrected chi connectivity index (χ4v) is 3.11. The van der Waals surface area contributed by atoms with Crippen molar-refractivity contribution in [2.24, 2.45) is 0 Å². The molecule has 2 aromatic carbocycles. The first kappa shape index (κ1) is 17.7.